The predicted molar refractivity (Wildman–Crippen MR) is 558 cm³/mol. The Labute approximate surface area is 829 Å². The Bertz CT molecular complexity index is 7830. The van der Waals surface area contributed by atoms with Crippen molar-refractivity contribution >= 4 is 17.2 Å². The third-order valence-corrected chi connectivity index (χ3v) is 23.9. The van der Waals surface area contributed by atoms with E-state index in [0.717, 1.165) is 150 Å². The second-order valence-electron chi connectivity index (χ2n) is 32.9. The van der Waals surface area contributed by atoms with Gasteiger partial charge in [0.05, 0.1) is 98.8 Å². The van der Waals surface area contributed by atoms with Crippen LogP contribution in [-0.2, 0) is 0 Å². The van der Waals surface area contributed by atoms with E-state index in [1.807, 2.05) is 182 Å². The van der Waals surface area contributed by atoms with E-state index >= 15 is 0 Å². The summed E-state index contributed by atoms with van der Waals surface area (Å²) in [6, 6.07) is 126. The summed E-state index contributed by atoms with van der Waals surface area (Å²) in [6.07, 6.45) is 19.7. The number of benzene rings is 9. The van der Waals surface area contributed by atoms with Crippen LogP contribution in [-0.4, -0.2) is 59.8 Å². The summed E-state index contributed by atoms with van der Waals surface area (Å²) < 4.78 is 0. The first-order chi connectivity index (χ1) is 70.8. The lowest BCUT2D eigenvalue weighted by Gasteiger charge is -2.14. The van der Waals surface area contributed by atoms with Crippen molar-refractivity contribution in [3.63, 3.8) is 0 Å². The molecular weight excluding hydrogens is 1770 g/mol. The molecule has 0 radical (unpaired) electrons. The summed E-state index contributed by atoms with van der Waals surface area (Å²) in [4.78, 5) is 63.7. The van der Waals surface area contributed by atoms with Crippen LogP contribution < -0.4 is 0 Å². The highest BCUT2D eigenvalue weighted by atomic mass is 14.9. The first kappa shape index (κ1) is 91.3. The van der Waals surface area contributed by atoms with E-state index in [1.54, 1.807) is 129 Å². The van der Waals surface area contributed by atoms with E-state index in [4.69, 9.17) is 34.7 Å². The lowest BCUT2D eigenvalue weighted by atomic mass is 9.90. The number of pyridine rings is 12. The molecule has 0 N–H and O–H groups in total. The van der Waals surface area contributed by atoms with Gasteiger partial charge in [0, 0.05) is 96.0 Å². The van der Waals surface area contributed by atoms with Crippen molar-refractivity contribution in [3.05, 3.63) is 488 Å². The predicted octanol–water partition coefficient (Wildman–Crippen LogP) is 28.7. The van der Waals surface area contributed by atoms with Gasteiger partial charge in [-0.1, -0.05) is 134 Å². The normalized spacial score (nSPS) is 10.4. The minimum Gasteiger partial charge on any atom is -0.361 e. The van der Waals surface area contributed by atoms with Crippen LogP contribution in [0, 0.1) is 87.7 Å². The molecule has 21 rings (SSSR count). The van der Waals surface area contributed by atoms with Crippen LogP contribution in [0.5, 0.6) is 0 Å². The van der Waals surface area contributed by atoms with Gasteiger partial charge in [0.1, 0.15) is 41.9 Å². The average Bonchev–Trinajstić information content (AvgIpc) is 0.782. The van der Waals surface area contributed by atoms with Crippen LogP contribution >= 0.6 is 0 Å². The zero-order valence-electron chi connectivity index (χ0n) is 76.2. The Morgan fingerprint density at radius 2 is 0.486 bits per heavy atom. The molecule has 0 aliphatic rings. The Balaban J connectivity index is 0.000000137. The molecule has 0 spiro atoms. The molecule has 21 aromatic rings. The zero-order valence-corrected chi connectivity index (χ0v) is 76.2. The van der Waals surface area contributed by atoms with E-state index in [-0.39, 0.29) is 0 Å². The third-order valence-electron chi connectivity index (χ3n) is 23.9. The maximum Gasteiger partial charge on any atom is 0.270 e. The molecule has 0 bridgehead atoms. The quantitative estimate of drug-likeness (QED) is 0.0721. The van der Waals surface area contributed by atoms with Crippen LogP contribution in [0.2, 0.25) is 0 Å². The van der Waals surface area contributed by atoms with Gasteiger partial charge < -0.3 is 4.85 Å². The summed E-state index contributed by atoms with van der Waals surface area (Å²) in [5, 5.41) is 57.1. The first-order valence-electron chi connectivity index (χ1n) is 45.0. The number of nitriles is 6. The third kappa shape index (κ3) is 20.7. The van der Waals surface area contributed by atoms with Gasteiger partial charge in [0.2, 0.25) is 5.69 Å². The average molecular weight is 1840 g/mol. The summed E-state index contributed by atoms with van der Waals surface area (Å²) in [6.45, 7) is 22.4. The maximum absolute atomic E-state index is 9.74. The summed E-state index contributed by atoms with van der Waals surface area (Å²) in [5.74, 6) is 0.356. The molecule has 21 heteroatoms. The van der Waals surface area contributed by atoms with Gasteiger partial charge in [0.25, 0.3) is 5.82 Å². The number of nitrogens with zero attached hydrogens (tertiary/aromatic N) is 21. The molecule has 0 saturated carbocycles. The van der Waals surface area contributed by atoms with Crippen LogP contribution in [0.25, 0.3) is 216 Å². The van der Waals surface area contributed by atoms with Crippen LogP contribution in [0.15, 0.2) is 420 Å². The maximum atomic E-state index is 9.74. The highest BCUT2D eigenvalue weighted by Crippen LogP contribution is 2.43. The SMILES string of the molecule is [C-]#[N+]c1cc(-c2cccc(-c3cc(-c4cccc(-c5ccnc(C#N)c5)c4)cc(-c4cccc(-c5ccnc(C#N)c5)c4)c3)c2)ccn1.[C-]#[N+]c1ccnc(-c2cccc(-c3cc(-c4cccc(-c5cc(C#N)ccn5)n4)cc(-c4cccc(-c5cc(C#N)ccn5)n4)c3)n2)c1.[C-]#[N+]c1cnccc1-c1cccc(-c2cc(-c3cccc(-c4ccncc4C#N)c3)cc(-c3cccc(-c4ccncc4C#N)c3)c2)c1. The van der Waals surface area contributed by atoms with Gasteiger partial charge in [-0.15, -0.1) is 4.98 Å². The highest BCUT2D eigenvalue weighted by molar-refractivity contribution is 5.91. The van der Waals surface area contributed by atoms with Gasteiger partial charge in [-0.25, -0.2) is 34.6 Å². The fraction of sp³-hybridized carbons (Fsp3) is 0. The van der Waals surface area contributed by atoms with Crippen molar-refractivity contribution < 1.29 is 0 Å². The van der Waals surface area contributed by atoms with Gasteiger partial charge in [-0.2, -0.15) is 31.6 Å². The molecule has 9 aromatic carbocycles. The lowest BCUT2D eigenvalue weighted by Crippen LogP contribution is -1.95. The van der Waals surface area contributed by atoms with Gasteiger partial charge in [-0.05, 0) is 341 Å². The van der Waals surface area contributed by atoms with Crippen LogP contribution in [0.4, 0.5) is 17.2 Å². The minimum atomic E-state index is 0.356. The fourth-order valence-corrected chi connectivity index (χ4v) is 16.9. The Morgan fingerprint density at radius 3 is 0.847 bits per heavy atom. The first-order valence-corrected chi connectivity index (χ1v) is 45.0. The number of rotatable bonds is 18. The van der Waals surface area contributed by atoms with E-state index < -0.39 is 0 Å². The standard InChI is InChI=1S/2C42H24N6.C39H21N9/c1-45-42-27-48-16-13-41(42)33-10-4-7-30(19-33)36-21-34(28-5-2-8-31(17-28)39-11-14-46-25-37(39)23-43)20-35(22-36)29-6-3-9-32(18-29)40-12-15-47-26-38(40)24-44;1-45-42-25-36(13-16-48-42)30-7-4-10-33(19-30)39-21-37(31-8-2-5-28(17-31)34-11-14-46-40(23-34)26-43)20-38(22-39)32-9-3-6-29(18-32)35-12-15-47-41(24-35)27-44;1-42-30-13-16-45-39(22-30)36-10-4-7-33(48-36)29-20-27(31-5-2-8-34(46-31)37-17-25(23-40)11-14-43-37)19-28(21-29)32-6-3-9-35(47-32)38-18-26(24-41)12-15-44-38/h2-22,25-27H;2-25H;2-22H. The van der Waals surface area contributed by atoms with E-state index in [9.17, 15) is 31.6 Å². The number of hydrogen-bond donors (Lipinski definition) is 0. The van der Waals surface area contributed by atoms with E-state index in [1.165, 1.54) is 0 Å². The fourth-order valence-electron chi connectivity index (χ4n) is 16.9. The Morgan fingerprint density at radius 1 is 0.194 bits per heavy atom. The molecule has 0 aliphatic heterocycles. The van der Waals surface area contributed by atoms with E-state index in [2.05, 4.69) is 205 Å². The summed E-state index contributed by atoms with van der Waals surface area (Å²) >= 11 is 0. The topological polar surface area (TPSA) is 310 Å². The molecule has 0 amide bonds. The highest BCUT2D eigenvalue weighted by Gasteiger charge is 2.21. The molecule has 0 unspecified atom stereocenters. The Hall–Kier alpha value is -21.8. The minimum absolute atomic E-state index is 0.356. The molecule has 12 aromatic heterocycles. The van der Waals surface area contributed by atoms with Crippen molar-refractivity contribution in [3.8, 4) is 238 Å². The van der Waals surface area contributed by atoms with Crippen molar-refractivity contribution in [2.45, 2.75) is 0 Å². The van der Waals surface area contributed by atoms with Crippen LogP contribution in [0.1, 0.15) is 33.6 Å². The molecule has 144 heavy (non-hydrogen) atoms. The van der Waals surface area contributed by atoms with Gasteiger partial charge in [-0.3, -0.25) is 29.9 Å². The van der Waals surface area contributed by atoms with Gasteiger partial charge >= 0.3 is 0 Å². The summed E-state index contributed by atoms with van der Waals surface area (Å²) in [7, 11) is 0. The van der Waals surface area contributed by atoms with Crippen molar-refractivity contribution in [2.75, 3.05) is 0 Å². The van der Waals surface area contributed by atoms with Crippen molar-refractivity contribution in [1.29, 1.82) is 31.6 Å². The van der Waals surface area contributed by atoms with Crippen molar-refractivity contribution in [2.24, 2.45) is 0 Å². The van der Waals surface area contributed by atoms with E-state index in [0.29, 0.717) is 102 Å². The zero-order chi connectivity index (χ0) is 98.6. The Kier molecular flexibility index (Phi) is 26.9. The molecule has 0 aliphatic carbocycles. The van der Waals surface area contributed by atoms with Gasteiger partial charge in [0.15, 0.2) is 5.69 Å². The number of aromatic nitrogens is 12. The molecule has 12 heterocycles. The van der Waals surface area contributed by atoms with Crippen molar-refractivity contribution in [1.82, 2.24) is 59.8 Å². The lowest BCUT2D eigenvalue weighted by molar-refractivity contribution is 1.23. The smallest absolute Gasteiger partial charge is 0.270 e. The molecule has 666 valence electrons. The molecule has 0 atom stereocenters. The largest absolute Gasteiger partial charge is 0.361 e. The molecule has 0 saturated heterocycles. The molecule has 0 fully saturated rings. The van der Waals surface area contributed by atoms with Crippen LogP contribution in [0.3, 0.4) is 0 Å². The second-order valence-corrected chi connectivity index (χ2v) is 32.9. The second kappa shape index (κ2) is 42.4. The monoisotopic (exact) mass is 1840 g/mol. The molecule has 21 nitrogen and oxygen atoms in total. The number of hydrogen-bond acceptors (Lipinski definition) is 18. The molecular formula is C123H69N21. The summed E-state index contributed by atoms with van der Waals surface area (Å²) in [5.41, 5.74) is 35.2.